The lowest BCUT2D eigenvalue weighted by atomic mass is 10.1. The van der Waals surface area contributed by atoms with Crippen LogP contribution in [0.15, 0.2) is 57.9 Å². The number of fused-ring (bicyclic) bond motifs is 1. The standard InChI is InChI=1S/C17H15BrClN3O2S/c18-13-9-12-3-6-16(22-17(12)15(19)10-13)21-8-7-11-1-4-14(5-2-11)25(20,23)24/h1-6,9-10H,7-8H2,(H,21,22)(H2,20,23,24). The van der Waals surface area contributed by atoms with Crippen LogP contribution in [0.1, 0.15) is 5.56 Å². The summed E-state index contributed by atoms with van der Waals surface area (Å²) in [6.07, 6.45) is 0.721. The predicted octanol–water partition coefficient (Wildman–Crippen LogP) is 3.95. The van der Waals surface area contributed by atoms with E-state index in [0.29, 0.717) is 11.6 Å². The van der Waals surface area contributed by atoms with Gasteiger partial charge >= 0.3 is 0 Å². The molecule has 0 aliphatic rings. The van der Waals surface area contributed by atoms with Gasteiger partial charge in [-0.15, -0.1) is 0 Å². The van der Waals surface area contributed by atoms with Crippen LogP contribution in [0, 0.1) is 0 Å². The van der Waals surface area contributed by atoms with Crippen molar-refractivity contribution in [2.45, 2.75) is 11.3 Å². The second kappa shape index (κ2) is 7.29. The Bertz CT molecular complexity index is 1020. The maximum atomic E-state index is 11.2. The first-order chi connectivity index (χ1) is 11.8. The molecule has 130 valence electrons. The van der Waals surface area contributed by atoms with Crippen molar-refractivity contribution >= 4 is 54.3 Å². The Hall–Kier alpha value is -1.67. The van der Waals surface area contributed by atoms with E-state index in [1.54, 1.807) is 12.1 Å². The quantitative estimate of drug-likeness (QED) is 0.629. The molecule has 1 aromatic heterocycles. The van der Waals surface area contributed by atoms with Crippen molar-refractivity contribution in [1.29, 1.82) is 0 Å². The molecule has 2 aromatic carbocycles. The molecule has 0 aliphatic carbocycles. The van der Waals surface area contributed by atoms with E-state index in [-0.39, 0.29) is 4.90 Å². The van der Waals surface area contributed by atoms with Crippen molar-refractivity contribution in [3.63, 3.8) is 0 Å². The minimum Gasteiger partial charge on any atom is -0.370 e. The fraction of sp³-hybridized carbons (Fsp3) is 0.118. The first-order valence-corrected chi connectivity index (χ1v) is 10.2. The number of hydrogen-bond acceptors (Lipinski definition) is 4. The van der Waals surface area contributed by atoms with Crippen LogP contribution in [0.2, 0.25) is 5.02 Å². The summed E-state index contributed by atoms with van der Waals surface area (Å²) in [6, 6.07) is 14.2. The van der Waals surface area contributed by atoms with Gasteiger partial charge in [0, 0.05) is 16.4 Å². The molecule has 0 aliphatic heterocycles. The SMILES string of the molecule is NS(=O)(=O)c1ccc(CCNc2ccc3cc(Br)cc(Cl)c3n2)cc1. The molecule has 0 saturated heterocycles. The highest BCUT2D eigenvalue weighted by atomic mass is 79.9. The van der Waals surface area contributed by atoms with Crippen LogP contribution in [-0.4, -0.2) is 19.9 Å². The van der Waals surface area contributed by atoms with E-state index < -0.39 is 10.0 Å². The van der Waals surface area contributed by atoms with Crippen LogP contribution in [0.3, 0.4) is 0 Å². The molecule has 0 spiro atoms. The monoisotopic (exact) mass is 439 g/mol. The molecule has 0 unspecified atom stereocenters. The van der Waals surface area contributed by atoms with Gasteiger partial charge in [0.25, 0.3) is 0 Å². The molecule has 5 nitrogen and oxygen atoms in total. The average molecular weight is 441 g/mol. The van der Waals surface area contributed by atoms with Gasteiger partial charge in [0.05, 0.1) is 15.4 Å². The fourth-order valence-electron chi connectivity index (χ4n) is 2.44. The molecule has 0 atom stereocenters. The number of pyridine rings is 1. The van der Waals surface area contributed by atoms with Crippen molar-refractivity contribution < 1.29 is 8.42 Å². The van der Waals surface area contributed by atoms with E-state index in [9.17, 15) is 8.42 Å². The molecule has 0 radical (unpaired) electrons. The number of rotatable bonds is 5. The number of nitrogens with two attached hydrogens (primary N) is 1. The minimum atomic E-state index is -3.65. The maximum absolute atomic E-state index is 11.2. The largest absolute Gasteiger partial charge is 0.370 e. The molecule has 0 saturated carbocycles. The first kappa shape index (κ1) is 18.1. The Morgan fingerprint density at radius 3 is 2.52 bits per heavy atom. The van der Waals surface area contributed by atoms with Gasteiger partial charge in [-0.1, -0.05) is 39.7 Å². The van der Waals surface area contributed by atoms with Gasteiger partial charge < -0.3 is 5.32 Å². The van der Waals surface area contributed by atoms with E-state index in [4.69, 9.17) is 16.7 Å². The second-order valence-electron chi connectivity index (χ2n) is 5.52. The van der Waals surface area contributed by atoms with Gasteiger partial charge in [-0.05, 0) is 48.4 Å². The third-order valence-electron chi connectivity index (χ3n) is 3.68. The van der Waals surface area contributed by atoms with Crippen molar-refractivity contribution in [2.75, 3.05) is 11.9 Å². The van der Waals surface area contributed by atoms with Crippen LogP contribution in [0.5, 0.6) is 0 Å². The molecule has 0 fully saturated rings. The molecule has 0 amide bonds. The molecule has 3 N–H and O–H groups in total. The van der Waals surface area contributed by atoms with Crippen molar-refractivity contribution in [2.24, 2.45) is 5.14 Å². The zero-order valence-electron chi connectivity index (χ0n) is 13.0. The molecule has 8 heteroatoms. The molecule has 3 aromatic rings. The fourth-order valence-corrected chi connectivity index (χ4v) is 3.83. The maximum Gasteiger partial charge on any atom is 0.238 e. The third-order valence-corrected chi connectivity index (χ3v) is 5.36. The minimum absolute atomic E-state index is 0.112. The third kappa shape index (κ3) is 4.49. The normalized spacial score (nSPS) is 11.6. The Balaban J connectivity index is 1.67. The Morgan fingerprint density at radius 1 is 1.12 bits per heavy atom. The number of halogens is 2. The number of primary sulfonamides is 1. The molecule has 0 bridgehead atoms. The van der Waals surface area contributed by atoms with E-state index in [1.807, 2.05) is 24.3 Å². The first-order valence-electron chi connectivity index (χ1n) is 7.44. The molecular weight excluding hydrogens is 426 g/mol. The van der Waals surface area contributed by atoms with Crippen LogP contribution in [-0.2, 0) is 16.4 Å². The van der Waals surface area contributed by atoms with Crippen LogP contribution >= 0.6 is 27.5 Å². The van der Waals surface area contributed by atoms with Gasteiger partial charge in [-0.3, -0.25) is 0 Å². The van der Waals surface area contributed by atoms with Gasteiger partial charge in [0.15, 0.2) is 0 Å². The van der Waals surface area contributed by atoms with Crippen LogP contribution < -0.4 is 10.5 Å². The highest BCUT2D eigenvalue weighted by Gasteiger charge is 2.07. The van der Waals surface area contributed by atoms with E-state index in [2.05, 4.69) is 26.2 Å². The van der Waals surface area contributed by atoms with Gasteiger partial charge in [-0.2, -0.15) is 0 Å². The predicted molar refractivity (Wildman–Crippen MR) is 104 cm³/mol. The molecule has 3 rings (SSSR count). The average Bonchev–Trinajstić information content (AvgIpc) is 2.55. The van der Waals surface area contributed by atoms with Crippen LogP contribution in [0.4, 0.5) is 5.82 Å². The van der Waals surface area contributed by atoms with E-state index in [0.717, 1.165) is 33.2 Å². The summed E-state index contributed by atoms with van der Waals surface area (Å²) in [5.41, 5.74) is 1.75. The summed E-state index contributed by atoms with van der Waals surface area (Å²) < 4.78 is 23.4. The summed E-state index contributed by atoms with van der Waals surface area (Å²) in [4.78, 5) is 4.65. The van der Waals surface area contributed by atoms with Crippen molar-refractivity contribution in [3.8, 4) is 0 Å². The van der Waals surface area contributed by atoms with Crippen LogP contribution in [0.25, 0.3) is 10.9 Å². The number of nitrogens with zero attached hydrogens (tertiary/aromatic N) is 1. The molecule has 25 heavy (non-hydrogen) atoms. The number of sulfonamides is 1. The van der Waals surface area contributed by atoms with Crippen molar-refractivity contribution in [1.82, 2.24) is 4.98 Å². The number of aromatic nitrogens is 1. The Labute approximate surface area is 159 Å². The lowest BCUT2D eigenvalue weighted by Gasteiger charge is -2.08. The summed E-state index contributed by atoms with van der Waals surface area (Å²) in [6.45, 7) is 0.654. The Kier molecular flexibility index (Phi) is 5.29. The van der Waals surface area contributed by atoms with E-state index >= 15 is 0 Å². The van der Waals surface area contributed by atoms with Gasteiger partial charge in [0.1, 0.15) is 5.82 Å². The number of anilines is 1. The lowest BCUT2D eigenvalue weighted by molar-refractivity contribution is 0.598. The van der Waals surface area contributed by atoms with Crippen molar-refractivity contribution in [3.05, 3.63) is 63.6 Å². The Morgan fingerprint density at radius 2 is 1.84 bits per heavy atom. The van der Waals surface area contributed by atoms with Gasteiger partial charge in [-0.25, -0.2) is 18.5 Å². The lowest BCUT2D eigenvalue weighted by Crippen LogP contribution is -2.12. The second-order valence-corrected chi connectivity index (χ2v) is 8.41. The summed E-state index contributed by atoms with van der Waals surface area (Å²) in [5.74, 6) is 0.734. The number of benzene rings is 2. The molecule has 1 heterocycles. The zero-order valence-corrected chi connectivity index (χ0v) is 16.2. The van der Waals surface area contributed by atoms with E-state index in [1.165, 1.54) is 12.1 Å². The summed E-state index contributed by atoms with van der Waals surface area (Å²) >= 11 is 9.65. The zero-order chi connectivity index (χ0) is 18.0. The number of hydrogen-bond donors (Lipinski definition) is 2. The highest BCUT2D eigenvalue weighted by molar-refractivity contribution is 9.10. The summed E-state index contributed by atoms with van der Waals surface area (Å²) in [5, 5.41) is 9.89. The van der Waals surface area contributed by atoms with Gasteiger partial charge in [0.2, 0.25) is 10.0 Å². The summed E-state index contributed by atoms with van der Waals surface area (Å²) in [7, 11) is -3.65. The smallest absolute Gasteiger partial charge is 0.238 e. The topological polar surface area (TPSA) is 85.1 Å². The molecular formula is C17H15BrClN3O2S. The number of nitrogens with one attached hydrogen (secondary N) is 1. The highest BCUT2D eigenvalue weighted by Crippen LogP contribution is 2.27.